The molecule has 0 radical (unpaired) electrons. The van der Waals surface area contributed by atoms with E-state index in [0.29, 0.717) is 0 Å². The Morgan fingerprint density at radius 1 is 0.579 bits per heavy atom. The lowest BCUT2D eigenvalue weighted by atomic mass is 10.0. The lowest BCUT2D eigenvalue weighted by Crippen LogP contribution is -1.91. The molecule has 2 aromatic rings. The van der Waals surface area contributed by atoms with Crippen LogP contribution >= 0.6 is 0 Å². The average Bonchev–Trinajstić information content (AvgIpc) is 3.74. The maximum Gasteiger partial charge on any atom is -0.0163 e. The normalized spacial score (nSPS) is 11.7. The number of aryl methyl sites for hydroxylation is 2. The molecular weight excluding hydrogens is 456 g/mol. The highest BCUT2D eigenvalue weighted by Crippen LogP contribution is 2.11. The van der Waals surface area contributed by atoms with E-state index in [-0.39, 0.29) is 0 Å². The summed E-state index contributed by atoms with van der Waals surface area (Å²) in [6, 6.07) is 16.9. The van der Waals surface area contributed by atoms with Gasteiger partial charge >= 0.3 is 0 Å². The summed E-state index contributed by atoms with van der Waals surface area (Å²) in [6.45, 7) is 18.5. The summed E-state index contributed by atoms with van der Waals surface area (Å²) < 4.78 is 0. The molecule has 0 fully saturated rings. The van der Waals surface area contributed by atoms with Crippen molar-refractivity contribution in [2.75, 3.05) is 0 Å². The van der Waals surface area contributed by atoms with Crippen LogP contribution < -0.4 is 0 Å². The number of allylic oxidation sites excluding steroid dienone is 8. The van der Waals surface area contributed by atoms with Crippen LogP contribution in [0.1, 0.15) is 95.4 Å². The van der Waals surface area contributed by atoms with Crippen LogP contribution in [0.5, 0.6) is 0 Å². The van der Waals surface area contributed by atoms with Crippen molar-refractivity contribution in [2.45, 2.75) is 86.0 Å². The second-order valence-electron chi connectivity index (χ2n) is 9.47. The summed E-state index contributed by atoms with van der Waals surface area (Å²) in [5.41, 5.74) is 5.14. The molecule has 0 nitrogen and oxygen atoms in total. The molecule has 0 heterocycles. The Hall–Kier alpha value is -3.12. The van der Waals surface area contributed by atoms with Gasteiger partial charge in [-0.2, -0.15) is 0 Å². The Balaban J connectivity index is 0.000000463. The Morgan fingerprint density at radius 3 is 1.08 bits per heavy atom. The highest BCUT2D eigenvalue weighted by Gasteiger charge is 1.95. The first-order valence-electron chi connectivity index (χ1n) is 14.6. The van der Waals surface area contributed by atoms with Crippen LogP contribution in [0.25, 0.3) is 12.2 Å². The van der Waals surface area contributed by atoms with E-state index in [1.54, 1.807) is 0 Å². The van der Waals surface area contributed by atoms with Gasteiger partial charge in [0.05, 0.1) is 0 Å². The predicted molar refractivity (Wildman–Crippen MR) is 177 cm³/mol. The maximum atomic E-state index is 3.69. The zero-order valence-corrected chi connectivity index (χ0v) is 25.0. The van der Waals surface area contributed by atoms with Crippen molar-refractivity contribution < 1.29 is 0 Å². The molecule has 0 aliphatic heterocycles. The molecule has 0 unspecified atom stereocenters. The molecule has 4 rings (SSSR count). The van der Waals surface area contributed by atoms with Crippen molar-refractivity contribution in [2.24, 2.45) is 5.92 Å². The van der Waals surface area contributed by atoms with Gasteiger partial charge in [0, 0.05) is 0 Å². The van der Waals surface area contributed by atoms with Gasteiger partial charge < -0.3 is 0 Å². The van der Waals surface area contributed by atoms with E-state index in [2.05, 4.69) is 145 Å². The molecule has 2 aliphatic rings. The summed E-state index contributed by atoms with van der Waals surface area (Å²) in [6.07, 6.45) is 30.5. The van der Waals surface area contributed by atoms with Crippen LogP contribution in [0.4, 0.5) is 0 Å². The molecule has 0 N–H and O–H groups in total. The van der Waals surface area contributed by atoms with Gasteiger partial charge in [-0.25, -0.2) is 0 Å². The first-order valence-corrected chi connectivity index (χ1v) is 14.6. The molecule has 2 aromatic carbocycles. The van der Waals surface area contributed by atoms with Gasteiger partial charge in [-0.3, -0.25) is 0 Å². The number of hydrogen-bond donors (Lipinski definition) is 0. The van der Waals surface area contributed by atoms with Crippen molar-refractivity contribution in [3.05, 3.63) is 133 Å². The Bertz CT molecular complexity index is 833. The fourth-order valence-corrected chi connectivity index (χ4v) is 3.69. The Kier molecular flexibility index (Phi) is 23.4. The molecule has 2 aliphatic carbocycles. The number of hydrogen-bond acceptors (Lipinski definition) is 0. The standard InChI is InChI=1S/2C10H12.C8H18.2C5H6/c2*1-3-9-5-7-10(4-2)8-6-9;1-4-6-8(3)7-5-2;2*1-2-4-5-3-1/h2*3,5-8H,1,4H2,2H3;8H,4-7H2,1-3H3;2*1-4H,5H2. The predicted octanol–water partition coefficient (Wildman–Crippen LogP) is 12.0. The van der Waals surface area contributed by atoms with Crippen molar-refractivity contribution in [3.8, 4) is 0 Å². The van der Waals surface area contributed by atoms with Crippen molar-refractivity contribution >= 4 is 12.2 Å². The van der Waals surface area contributed by atoms with Gasteiger partial charge in [0.15, 0.2) is 0 Å². The van der Waals surface area contributed by atoms with Gasteiger partial charge in [-0.1, -0.05) is 183 Å². The second kappa shape index (κ2) is 25.5. The van der Waals surface area contributed by atoms with Crippen molar-refractivity contribution in [1.29, 1.82) is 0 Å². The summed E-state index contributed by atoms with van der Waals surface area (Å²) in [5.74, 6) is 0.963. The largest absolute Gasteiger partial charge is 0.0985 e. The SMILES string of the molecule is C1=CCC=C1.C1=CCC=C1.C=Cc1ccc(CC)cc1.C=Cc1ccc(CC)cc1.CCCC(C)CCC. The van der Waals surface area contributed by atoms with E-state index in [4.69, 9.17) is 0 Å². The van der Waals surface area contributed by atoms with Gasteiger partial charge in [-0.15, -0.1) is 0 Å². The highest BCUT2D eigenvalue weighted by atomic mass is 14.0. The zero-order valence-electron chi connectivity index (χ0n) is 25.0. The van der Waals surface area contributed by atoms with Gasteiger partial charge in [0.1, 0.15) is 0 Å². The topological polar surface area (TPSA) is 0 Å². The highest BCUT2D eigenvalue weighted by molar-refractivity contribution is 5.47. The number of rotatable bonds is 8. The van der Waals surface area contributed by atoms with Crippen LogP contribution in [0, 0.1) is 5.92 Å². The van der Waals surface area contributed by atoms with E-state index in [9.17, 15) is 0 Å². The molecule has 0 atom stereocenters. The monoisotopic (exact) mass is 510 g/mol. The summed E-state index contributed by atoms with van der Waals surface area (Å²) in [5, 5.41) is 0. The van der Waals surface area contributed by atoms with E-state index in [1.807, 2.05) is 12.2 Å². The third-order valence-corrected chi connectivity index (χ3v) is 6.12. The third-order valence-electron chi connectivity index (χ3n) is 6.12. The minimum Gasteiger partial charge on any atom is -0.0985 e. The molecule has 38 heavy (non-hydrogen) atoms. The lowest BCUT2D eigenvalue weighted by Gasteiger charge is -2.05. The quantitative estimate of drug-likeness (QED) is 0.331. The smallest absolute Gasteiger partial charge is 0.0163 e. The number of benzene rings is 2. The Labute approximate surface area is 236 Å². The molecule has 0 heteroatoms. The Morgan fingerprint density at radius 2 is 0.895 bits per heavy atom. The van der Waals surface area contributed by atoms with E-state index < -0.39 is 0 Å². The third kappa shape index (κ3) is 20.0. The molecule has 0 saturated heterocycles. The van der Waals surface area contributed by atoms with Crippen LogP contribution in [0.2, 0.25) is 0 Å². The molecule has 0 bridgehead atoms. The molecule has 0 amide bonds. The average molecular weight is 511 g/mol. The minimum atomic E-state index is 0.963. The molecule has 0 aromatic heterocycles. The second-order valence-corrected chi connectivity index (χ2v) is 9.47. The summed E-state index contributed by atoms with van der Waals surface area (Å²) >= 11 is 0. The van der Waals surface area contributed by atoms with E-state index in [1.165, 1.54) is 47.9 Å². The molecule has 206 valence electrons. The van der Waals surface area contributed by atoms with Crippen LogP contribution in [-0.4, -0.2) is 0 Å². The summed E-state index contributed by atoms with van der Waals surface area (Å²) in [4.78, 5) is 0. The van der Waals surface area contributed by atoms with E-state index >= 15 is 0 Å². The fraction of sp³-hybridized carbons (Fsp3) is 0.368. The van der Waals surface area contributed by atoms with Gasteiger partial charge in [0.25, 0.3) is 0 Å². The fourth-order valence-electron chi connectivity index (χ4n) is 3.69. The first-order chi connectivity index (χ1) is 18.5. The molecule has 0 spiro atoms. The zero-order chi connectivity index (χ0) is 28.3. The minimum absolute atomic E-state index is 0.963. The first kappa shape index (κ1) is 34.9. The lowest BCUT2D eigenvalue weighted by molar-refractivity contribution is 0.480. The summed E-state index contributed by atoms with van der Waals surface area (Å²) in [7, 11) is 0. The van der Waals surface area contributed by atoms with Crippen molar-refractivity contribution in [3.63, 3.8) is 0 Å². The molecular formula is C38H54. The van der Waals surface area contributed by atoms with Crippen LogP contribution in [0.15, 0.2) is 110 Å². The van der Waals surface area contributed by atoms with Crippen LogP contribution in [-0.2, 0) is 12.8 Å². The van der Waals surface area contributed by atoms with Gasteiger partial charge in [0.2, 0.25) is 0 Å². The van der Waals surface area contributed by atoms with E-state index in [0.717, 1.165) is 31.6 Å². The van der Waals surface area contributed by atoms with Crippen molar-refractivity contribution in [1.82, 2.24) is 0 Å². The van der Waals surface area contributed by atoms with Gasteiger partial charge in [-0.05, 0) is 53.9 Å². The maximum absolute atomic E-state index is 3.69. The molecule has 0 saturated carbocycles. The van der Waals surface area contributed by atoms with Crippen LogP contribution in [0.3, 0.4) is 0 Å².